The SMILES string of the molecule is Cc1ncsc1-c1ccc(CNC(=O)[C@@H]2C[C@@H](O[Si](C)(C)C(C)(C)C)CN2C(=O)[C@@H](c2cn(CCC3CCN(C[C@@]4(COc5nc(N6CC7CCC(C6)N7C(=O)OC(C)(C)C)c6c(n5)sc5c(-c7c8cnn(COCC[Si](C)(C)C)c8cc8scc(C#C[Si](C(C)C)(C(C)C)C(C)C)c78)nccc56)CC4(F)F)CC3)nn2)C(C)(C)C)cc1. The number of halogens is 2. The zero-order valence-electron chi connectivity index (χ0n) is 72.6. The molecule has 1 N–H and O–H groups in total. The number of carbonyl (C=O) groups excluding carboxylic acids is 3. The lowest BCUT2D eigenvalue weighted by Gasteiger charge is -2.42. The molecule has 9 aromatic rings. The molecule has 3 amide bonds. The summed E-state index contributed by atoms with van der Waals surface area (Å²) in [5, 5.41) is 23.3. The second kappa shape index (κ2) is 33.0. The monoisotopic (exact) mass is 1700 g/mol. The van der Waals surface area contributed by atoms with E-state index >= 15 is 13.6 Å². The number of anilines is 1. The fraction of sp³-hybridized carbons (Fsp3) is 0.614. The minimum Gasteiger partial charge on any atom is -0.462 e. The summed E-state index contributed by atoms with van der Waals surface area (Å²) in [4.78, 5) is 74.0. The molecule has 21 nitrogen and oxygen atoms in total. The van der Waals surface area contributed by atoms with Crippen LogP contribution in [-0.4, -0.2) is 190 Å². The molecule has 14 rings (SSSR count). The number of thiophene rings is 2. The Hall–Kier alpha value is -7.15. The Balaban J connectivity index is 0.702. The molecule has 1 saturated carbocycles. The third-order valence-electron chi connectivity index (χ3n) is 26.0. The number of rotatable bonds is 26. The Morgan fingerprint density at radius 2 is 1.53 bits per heavy atom. The highest BCUT2D eigenvalue weighted by Crippen LogP contribution is 2.61. The quantitative estimate of drug-likeness (QED) is 0.0303. The van der Waals surface area contributed by atoms with Crippen LogP contribution in [0.15, 0.2) is 65.9 Å². The zero-order chi connectivity index (χ0) is 84.0. The summed E-state index contributed by atoms with van der Waals surface area (Å²) in [6, 6.07) is 12.4. The van der Waals surface area contributed by atoms with Gasteiger partial charge < -0.3 is 38.7 Å². The highest BCUT2D eigenvalue weighted by atomic mass is 32.1. The summed E-state index contributed by atoms with van der Waals surface area (Å²) in [6.07, 6.45) is 9.12. The first kappa shape index (κ1) is 86.2. The van der Waals surface area contributed by atoms with Crippen LogP contribution in [-0.2, 0) is 43.3 Å². The summed E-state index contributed by atoms with van der Waals surface area (Å²) in [5.41, 5.74) is 11.6. The number of likely N-dealkylation sites (tertiary alicyclic amines) is 2. The van der Waals surface area contributed by atoms with E-state index in [2.05, 4.69) is 155 Å². The van der Waals surface area contributed by atoms with E-state index in [0.717, 1.165) is 113 Å². The van der Waals surface area contributed by atoms with Crippen LogP contribution >= 0.6 is 34.0 Å². The first-order chi connectivity index (χ1) is 55.0. The molecule has 630 valence electrons. The van der Waals surface area contributed by atoms with Crippen molar-refractivity contribution in [1.82, 2.24) is 64.7 Å². The molecule has 5 aliphatic rings. The predicted molar refractivity (Wildman–Crippen MR) is 476 cm³/mol. The number of alkyl halides is 2. The van der Waals surface area contributed by atoms with Gasteiger partial charge in [0.15, 0.2) is 8.32 Å². The molecule has 2 bridgehead atoms. The standard InChI is InChI=1S/C88H122F2N14O7S3Si3/c1-54(2)117(55(3)4,56(5)6)38-32-61-48-112-70-41-68-66(43-94-103(68)53-108-37-39-115(17,18)19)72(71(61)70)75-77-65(28-33-91-75)73-78(100-44-62-26-27-63(45-100)104(62)83(107)110-85(11,12)13)95-82(96-80(73)114-77)109-51-87(49-88(87,89)90)50-99-34-29-58(30-35-99)31-36-101-47-67(97-98-101)74(84(8,9)10)81(106)102-46-64(111-116(20,21)86(14,15)16)40-69(102)79(105)92-42-59-22-24-60(25-23-59)76-57(7)93-52-113-76/h22-25,28,33,41,43,47-48,52,54-56,58,62-64,69,74H,26-27,29-31,34-37,39-40,42,44-46,49-51,53H2,1-21H3,(H,92,105)/t62?,63?,64-,69+,74-,87-/m1/s1. The topological polar surface area (TPSA) is 213 Å². The van der Waals surface area contributed by atoms with Crippen molar-refractivity contribution in [3.8, 4) is 39.2 Å². The van der Waals surface area contributed by atoms with Crippen molar-refractivity contribution >= 4 is 123 Å². The molecule has 1 aliphatic carbocycles. The second-order valence-corrected chi connectivity index (χ2v) is 58.5. The van der Waals surface area contributed by atoms with E-state index in [1.54, 1.807) is 27.6 Å². The Morgan fingerprint density at radius 3 is 2.15 bits per heavy atom. The van der Waals surface area contributed by atoms with Crippen molar-refractivity contribution in [2.24, 2.45) is 16.7 Å². The number of nitrogens with one attached hydrogen (secondary N) is 1. The highest BCUT2D eigenvalue weighted by molar-refractivity contribution is 7.26. The highest BCUT2D eigenvalue weighted by Gasteiger charge is 2.72. The van der Waals surface area contributed by atoms with Crippen molar-refractivity contribution in [1.29, 1.82) is 0 Å². The Morgan fingerprint density at radius 1 is 0.838 bits per heavy atom. The van der Waals surface area contributed by atoms with E-state index in [-0.39, 0.29) is 73.3 Å². The van der Waals surface area contributed by atoms with Crippen LogP contribution in [0.25, 0.3) is 63.0 Å². The van der Waals surface area contributed by atoms with E-state index in [0.29, 0.717) is 97.9 Å². The third kappa shape index (κ3) is 17.9. The molecule has 6 atom stereocenters. The van der Waals surface area contributed by atoms with Gasteiger partial charge in [-0.05, 0) is 148 Å². The number of thiazole rings is 1. The number of piperazine rings is 1. The van der Waals surface area contributed by atoms with Crippen LogP contribution < -0.4 is 15.0 Å². The van der Waals surface area contributed by atoms with Crippen molar-refractivity contribution in [3.05, 3.63) is 88.4 Å². The first-order valence-corrected chi connectivity index (χ1v) is 53.7. The first-order valence-electron chi connectivity index (χ1n) is 42.3. The number of fused-ring (bicyclic) bond motifs is 7. The van der Waals surface area contributed by atoms with E-state index in [9.17, 15) is 9.59 Å². The fourth-order valence-corrected chi connectivity index (χ4v) is 28.7. The summed E-state index contributed by atoms with van der Waals surface area (Å²) in [6.45, 7) is 50.1. The number of nitrogens with zero attached hydrogens (tertiary/aromatic N) is 13. The largest absolute Gasteiger partial charge is 0.462 e. The molecule has 0 radical (unpaired) electrons. The number of benzene rings is 2. The van der Waals surface area contributed by atoms with Gasteiger partial charge in [0.05, 0.1) is 78.8 Å². The van der Waals surface area contributed by atoms with Gasteiger partial charge in [-0.2, -0.15) is 15.1 Å². The van der Waals surface area contributed by atoms with Gasteiger partial charge in [0.1, 0.15) is 43.7 Å². The molecule has 2 unspecified atom stereocenters. The van der Waals surface area contributed by atoms with Crippen LogP contribution in [0, 0.1) is 35.1 Å². The van der Waals surface area contributed by atoms with Crippen LogP contribution in [0.1, 0.15) is 177 Å². The fourth-order valence-electron chi connectivity index (χ4n) is 18.5. The molecule has 7 aromatic heterocycles. The molecule has 5 fully saturated rings. The minimum atomic E-state index is -2.98. The number of piperidine rings is 1. The van der Waals surface area contributed by atoms with E-state index in [1.165, 1.54) is 11.3 Å². The number of pyridine rings is 1. The summed E-state index contributed by atoms with van der Waals surface area (Å²) in [7, 11) is -5.85. The minimum absolute atomic E-state index is 0.0270. The van der Waals surface area contributed by atoms with E-state index in [1.807, 2.05) is 105 Å². The van der Waals surface area contributed by atoms with E-state index in [4.69, 9.17) is 43.8 Å². The third-order valence-corrected chi connectivity index (χ3v) is 41.5. The van der Waals surface area contributed by atoms with Gasteiger partial charge in [-0.25, -0.2) is 23.2 Å². The Kier molecular flexibility index (Phi) is 24.3. The van der Waals surface area contributed by atoms with Crippen LogP contribution in [0.4, 0.5) is 19.4 Å². The molecule has 0 spiro atoms. The number of amides is 3. The number of hydrogen-bond donors (Lipinski definition) is 1. The smallest absolute Gasteiger partial charge is 0.410 e. The normalized spacial score (nSPS) is 20.8. The Labute approximate surface area is 704 Å². The average molecular weight is 1710 g/mol. The predicted octanol–water partition coefficient (Wildman–Crippen LogP) is 19.6. The van der Waals surface area contributed by atoms with Gasteiger partial charge in [0, 0.05) is 117 Å². The molecule has 11 heterocycles. The number of aryl methyl sites for hydroxylation is 2. The van der Waals surface area contributed by atoms with Gasteiger partial charge in [0.25, 0.3) is 5.92 Å². The van der Waals surface area contributed by atoms with Crippen molar-refractivity contribution in [2.75, 3.05) is 57.4 Å². The molecular weight excluding hydrogens is 1580 g/mol. The molecule has 4 aliphatic heterocycles. The van der Waals surface area contributed by atoms with E-state index < -0.39 is 58.8 Å². The van der Waals surface area contributed by atoms with Gasteiger partial charge in [-0.1, -0.05) is 138 Å². The van der Waals surface area contributed by atoms with Crippen LogP contribution in [0.2, 0.25) is 60.4 Å². The lowest BCUT2D eigenvalue weighted by atomic mass is 9.78. The van der Waals surface area contributed by atoms with Gasteiger partial charge in [-0.15, -0.1) is 44.7 Å². The second-order valence-electron chi connectivity index (χ2n) is 39.8. The maximum Gasteiger partial charge on any atom is 0.410 e. The molecule has 29 heteroatoms. The zero-order valence-corrected chi connectivity index (χ0v) is 78.1. The lowest BCUT2D eigenvalue weighted by Crippen LogP contribution is -2.57. The number of carbonyl (C=O) groups is 3. The summed E-state index contributed by atoms with van der Waals surface area (Å²) >= 11 is 4.79. The molecular formula is C88H122F2N14O7S3Si3. The number of hydrogen-bond acceptors (Lipinski definition) is 19. The van der Waals surface area contributed by atoms with Gasteiger partial charge >= 0.3 is 12.1 Å². The number of aromatic nitrogens is 9. The maximum absolute atomic E-state index is 16.4. The molecule has 117 heavy (non-hydrogen) atoms. The average Bonchev–Trinajstić information content (AvgIpc) is 1.58. The van der Waals surface area contributed by atoms with Crippen LogP contribution in [0.3, 0.4) is 0 Å². The van der Waals surface area contributed by atoms with Gasteiger partial charge in [0.2, 0.25) is 11.8 Å². The lowest BCUT2D eigenvalue weighted by molar-refractivity contribution is -0.141. The Bertz CT molecular complexity index is 5170. The van der Waals surface area contributed by atoms with Crippen molar-refractivity contribution in [3.63, 3.8) is 0 Å². The number of ether oxygens (including phenoxy) is 3. The maximum atomic E-state index is 16.4. The van der Waals surface area contributed by atoms with Gasteiger partial charge in [-0.3, -0.25) is 24.2 Å². The molecule has 2 aromatic carbocycles. The van der Waals surface area contributed by atoms with Crippen LogP contribution in [0.5, 0.6) is 6.01 Å². The summed E-state index contributed by atoms with van der Waals surface area (Å²) in [5.74, 6) is 0.699. The molecule has 4 saturated heterocycles. The summed E-state index contributed by atoms with van der Waals surface area (Å²) < 4.78 is 64.6. The van der Waals surface area contributed by atoms with Crippen molar-refractivity contribution in [2.45, 2.75) is 278 Å². The van der Waals surface area contributed by atoms with Crippen molar-refractivity contribution < 1.29 is 41.8 Å².